The van der Waals surface area contributed by atoms with E-state index in [4.69, 9.17) is 0 Å². The lowest BCUT2D eigenvalue weighted by molar-refractivity contribution is -0.140. The molecule has 0 spiro atoms. The molecule has 0 bridgehead atoms. The average molecular weight is 424 g/mol. The van der Waals surface area contributed by atoms with E-state index in [1.54, 1.807) is 0 Å². The van der Waals surface area contributed by atoms with E-state index in [1.165, 1.54) is 12.1 Å². The molecule has 2 aromatic carbocycles. The molecule has 0 nitrogen and oxygen atoms in total. The second-order valence-corrected chi connectivity index (χ2v) is 8.29. The van der Waals surface area contributed by atoms with E-state index in [1.807, 2.05) is 19.1 Å². The first-order valence-electron chi connectivity index (χ1n) is 10.2. The molecule has 0 heterocycles. The highest BCUT2D eigenvalue weighted by atomic mass is 19.4. The summed E-state index contributed by atoms with van der Waals surface area (Å²) in [7, 11) is 0. The second-order valence-electron chi connectivity index (χ2n) is 8.29. The first-order chi connectivity index (χ1) is 14.2. The van der Waals surface area contributed by atoms with Crippen LogP contribution in [-0.2, 0) is 12.6 Å². The third-order valence-corrected chi connectivity index (χ3v) is 6.70. The maximum absolute atomic E-state index is 14.3. The first-order valence-corrected chi connectivity index (χ1v) is 10.2. The molecule has 2 aliphatic carbocycles. The van der Waals surface area contributed by atoms with Crippen LogP contribution >= 0.6 is 0 Å². The zero-order valence-electron chi connectivity index (χ0n) is 16.4. The third kappa shape index (κ3) is 3.65. The van der Waals surface area contributed by atoms with E-state index in [2.05, 4.69) is 0 Å². The van der Waals surface area contributed by atoms with Gasteiger partial charge in [0.2, 0.25) is 0 Å². The standard InChI is InChI=1S/C24H22F6/c1-2-3-13-4-6-16-18(8-7-17-19(16)11-15(25)12-21(17)26)23(13)14-5-9-20(22(27)10-14)24(28,29)30/h2-3,5,9-13,16,18,23H,4,6-8H2,1H3. The summed E-state index contributed by atoms with van der Waals surface area (Å²) in [5.74, 6) is -2.76. The van der Waals surface area contributed by atoms with Gasteiger partial charge in [-0.3, -0.25) is 0 Å². The molecule has 2 aliphatic rings. The molecule has 0 N–H and O–H groups in total. The fourth-order valence-corrected chi connectivity index (χ4v) is 5.56. The molecule has 30 heavy (non-hydrogen) atoms. The molecule has 4 unspecified atom stereocenters. The SMILES string of the molecule is CC=CC1CCC2c3cc(F)cc(F)c3CCC2C1c1ccc(C(F)(F)F)c(F)c1. The summed E-state index contributed by atoms with van der Waals surface area (Å²) < 4.78 is 81.6. The highest BCUT2D eigenvalue weighted by Crippen LogP contribution is 2.54. The van der Waals surface area contributed by atoms with E-state index in [-0.39, 0.29) is 23.7 Å². The summed E-state index contributed by atoms with van der Waals surface area (Å²) in [6.45, 7) is 1.87. The Hall–Kier alpha value is -2.24. The largest absolute Gasteiger partial charge is 0.419 e. The average Bonchev–Trinajstić information content (AvgIpc) is 2.66. The minimum Gasteiger partial charge on any atom is -0.207 e. The fourth-order valence-electron chi connectivity index (χ4n) is 5.56. The Morgan fingerprint density at radius 3 is 2.37 bits per heavy atom. The van der Waals surface area contributed by atoms with E-state index < -0.39 is 29.2 Å². The van der Waals surface area contributed by atoms with Crippen LogP contribution < -0.4 is 0 Å². The third-order valence-electron chi connectivity index (χ3n) is 6.70. The topological polar surface area (TPSA) is 0 Å². The van der Waals surface area contributed by atoms with Crippen molar-refractivity contribution in [2.75, 3.05) is 0 Å². The number of fused-ring (bicyclic) bond motifs is 3. The molecule has 4 rings (SSSR count). The van der Waals surface area contributed by atoms with Gasteiger partial charge in [0.25, 0.3) is 0 Å². The molecule has 4 atom stereocenters. The van der Waals surface area contributed by atoms with Gasteiger partial charge in [-0.1, -0.05) is 18.2 Å². The summed E-state index contributed by atoms with van der Waals surface area (Å²) in [6, 6.07) is 5.44. The van der Waals surface area contributed by atoms with Crippen molar-refractivity contribution in [3.05, 3.63) is 82.2 Å². The number of hydrogen-bond acceptors (Lipinski definition) is 0. The summed E-state index contributed by atoms with van der Waals surface area (Å²) in [5.41, 5.74) is 0.414. The van der Waals surface area contributed by atoms with Crippen LogP contribution in [0.15, 0.2) is 42.5 Å². The van der Waals surface area contributed by atoms with Gasteiger partial charge >= 0.3 is 6.18 Å². The van der Waals surface area contributed by atoms with E-state index in [0.717, 1.165) is 31.0 Å². The Kier molecular flexibility index (Phi) is 5.45. The van der Waals surface area contributed by atoms with E-state index >= 15 is 0 Å². The summed E-state index contributed by atoms with van der Waals surface area (Å²) >= 11 is 0. The van der Waals surface area contributed by atoms with Crippen LogP contribution in [0.4, 0.5) is 26.3 Å². The molecule has 0 saturated heterocycles. The minimum absolute atomic E-state index is 0.0233. The summed E-state index contributed by atoms with van der Waals surface area (Å²) in [4.78, 5) is 0. The van der Waals surface area contributed by atoms with Crippen molar-refractivity contribution in [1.29, 1.82) is 0 Å². The van der Waals surface area contributed by atoms with Gasteiger partial charge in [-0.2, -0.15) is 13.2 Å². The van der Waals surface area contributed by atoms with Crippen LogP contribution in [0, 0.1) is 29.3 Å². The molecule has 1 saturated carbocycles. The zero-order chi connectivity index (χ0) is 21.6. The molecule has 2 aromatic rings. The summed E-state index contributed by atoms with van der Waals surface area (Å²) in [6.07, 6.45) is 1.67. The molecule has 6 heteroatoms. The van der Waals surface area contributed by atoms with E-state index in [9.17, 15) is 26.3 Å². The van der Waals surface area contributed by atoms with Crippen LogP contribution in [0.25, 0.3) is 0 Å². The minimum atomic E-state index is -4.75. The molecular weight excluding hydrogens is 402 g/mol. The number of rotatable bonds is 2. The van der Waals surface area contributed by atoms with Crippen molar-refractivity contribution in [3.8, 4) is 0 Å². The van der Waals surface area contributed by atoms with Crippen LogP contribution in [0.2, 0.25) is 0 Å². The molecule has 160 valence electrons. The zero-order valence-corrected chi connectivity index (χ0v) is 16.4. The number of halogens is 6. The Morgan fingerprint density at radius 1 is 0.933 bits per heavy atom. The highest BCUT2D eigenvalue weighted by Gasteiger charge is 2.43. The molecular formula is C24H22F6. The normalized spacial score (nSPS) is 26.5. The van der Waals surface area contributed by atoms with Gasteiger partial charge in [0, 0.05) is 6.07 Å². The fraction of sp³-hybridized carbons (Fsp3) is 0.417. The van der Waals surface area contributed by atoms with Crippen molar-refractivity contribution >= 4 is 0 Å². The summed E-state index contributed by atoms with van der Waals surface area (Å²) in [5, 5.41) is 0. The lowest BCUT2D eigenvalue weighted by Gasteiger charge is -2.46. The van der Waals surface area contributed by atoms with Gasteiger partial charge in [0.1, 0.15) is 17.5 Å². The quantitative estimate of drug-likeness (QED) is 0.345. The van der Waals surface area contributed by atoms with Crippen molar-refractivity contribution in [1.82, 2.24) is 0 Å². The van der Waals surface area contributed by atoms with Gasteiger partial charge in [-0.25, -0.2) is 13.2 Å². The Morgan fingerprint density at radius 2 is 1.70 bits per heavy atom. The highest BCUT2D eigenvalue weighted by molar-refractivity contribution is 5.39. The van der Waals surface area contributed by atoms with Gasteiger partial charge in [0.15, 0.2) is 0 Å². The predicted octanol–water partition coefficient (Wildman–Crippen LogP) is 7.54. The van der Waals surface area contributed by atoms with Gasteiger partial charge in [-0.05, 0) is 91.2 Å². The van der Waals surface area contributed by atoms with Crippen LogP contribution in [0.5, 0.6) is 0 Å². The Balaban J connectivity index is 1.78. The molecule has 0 aliphatic heterocycles. The van der Waals surface area contributed by atoms with Gasteiger partial charge < -0.3 is 0 Å². The first kappa shape index (κ1) is 21.0. The monoisotopic (exact) mass is 424 g/mol. The van der Waals surface area contributed by atoms with Crippen molar-refractivity contribution in [2.24, 2.45) is 11.8 Å². The smallest absolute Gasteiger partial charge is 0.207 e. The van der Waals surface area contributed by atoms with Crippen LogP contribution in [0.3, 0.4) is 0 Å². The maximum atomic E-state index is 14.3. The molecule has 0 aromatic heterocycles. The number of benzene rings is 2. The maximum Gasteiger partial charge on any atom is 0.419 e. The molecule has 1 fully saturated rings. The molecule has 0 amide bonds. The molecule has 0 radical (unpaired) electrons. The second kappa shape index (κ2) is 7.78. The van der Waals surface area contributed by atoms with E-state index in [0.29, 0.717) is 29.5 Å². The van der Waals surface area contributed by atoms with Crippen molar-refractivity contribution < 1.29 is 26.3 Å². The lowest BCUT2D eigenvalue weighted by Crippen LogP contribution is -2.35. The Bertz CT molecular complexity index is 974. The van der Waals surface area contributed by atoms with Crippen molar-refractivity contribution in [3.63, 3.8) is 0 Å². The number of allylic oxidation sites excluding steroid dienone is 2. The number of hydrogen-bond donors (Lipinski definition) is 0. The predicted molar refractivity (Wildman–Crippen MR) is 103 cm³/mol. The lowest BCUT2D eigenvalue weighted by atomic mass is 9.58. The van der Waals surface area contributed by atoms with Gasteiger partial charge in [-0.15, -0.1) is 0 Å². The Labute approximate surface area is 171 Å². The number of alkyl halides is 3. The van der Waals surface area contributed by atoms with Gasteiger partial charge in [0.05, 0.1) is 5.56 Å². The van der Waals surface area contributed by atoms with Crippen molar-refractivity contribution in [2.45, 2.75) is 50.6 Å². The van der Waals surface area contributed by atoms with Crippen LogP contribution in [-0.4, -0.2) is 0 Å². The van der Waals surface area contributed by atoms with Crippen LogP contribution in [0.1, 0.15) is 60.3 Å².